The molecule has 3 rings (SSSR count). The first-order valence-electron chi connectivity index (χ1n) is 12.3. The lowest BCUT2D eigenvalue weighted by molar-refractivity contribution is 0.207. The van der Waals surface area contributed by atoms with E-state index in [-0.39, 0.29) is 0 Å². The molecule has 6 nitrogen and oxygen atoms in total. The number of thiocarbonyl (C=S) groups is 1. The van der Waals surface area contributed by atoms with Crippen LogP contribution in [-0.4, -0.2) is 31.1 Å². The van der Waals surface area contributed by atoms with Gasteiger partial charge in [0, 0.05) is 6.54 Å². The van der Waals surface area contributed by atoms with Gasteiger partial charge in [-0.3, -0.25) is 5.43 Å². The van der Waals surface area contributed by atoms with Gasteiger partial charge < -0.3 is 19.5 Å². The summed E-state index contributed by atoms with van der Waals surface area (Å²) in [5, 5.41) is 8.17. The van der Waals surface area contributed by atoms with Crippen LogP contribution in [0.1, 0.15) is 48.9 Å². The number of hydrazone groups is 1. The molecule has 8 heteroatoms. The lowest BCUT2D eigenvalue weighted by Crippen LogP contribution is -2.31. The van der Waals surface area contributed by atoms with E-state index in [1.165, 1.54) is 5.56 Å². The van der Waals surface area contributed by atoms with Crippen LogP contribution in [0.25, 0.3) is 0 Å². The molecule has 3 aromatic carbocycles. The number of benzene rings is 3. The van der Waals surface area contributed by atoms with Crippen molar-refractivity contribution in [3.05, 3.63) is 87.9 Å². The molecule has 0 aliphatic carbocycles. The van der Waals surface area contributed by atoms with Crippen LogP contribution in [0, 0.1) is 6.92 Å². The lowest BCUT2D eigenvalue weighted by Gasteiger charge is -2.17. The second-order valence-electron chi connectivity index (χ2n) is 8.69. The van der Waals surface area contributed by atoms with Crippen molar-refractivity contribution in [3.63, 3.8) is 0 Å². The molecule has 0 radical (unpaired) electrons. The van der Waals surface area contributed by atoms with Gasteiger partial charge in [-0.2, -0.15) is 5.10 Å². The van der Waals surface area contributed by atoms with Gasteiger partial charge in [0.2, 0.25) is 0 Å². The van der Waals surface area contributed by atoms with Crippen molar-refractivity contribution in [3.8, 4) is 17.2 Å². The Bertz CT molecular complexity index is 1200. The molecule has 0 bridgehead atoms. The zero-order valence-corrected chi connectivity index (χ0v) is 23.3. The van der Waals surface area contributed by atoms with E-state index in [9.17, 15) is 0 Å². The van der Waals surface area contributed by atoms with Crippen LogP contribution in [0.2, 0.25) is 5.02 Å². The average Bonchev–Trinajstić information content (AvgIpc) is 2.87. The minimum atomic E-state index is 0.321. The molecule has 0 spiro atoms. The molecule has 0 atom stereocenters. The highest BCUT2D eigenvalue weighted by Crippen LogP contribution is 2.36. The Kier molecular flexibility index (Phi) is 11.0. The van der Waals surface area contributed by atoms with Crippen molar-refractivity contribution in [2.24, 2.45) is 5.10 Å². The highest BCUT2D eigenvalue weighted by molar-refractivity contribution is 7.80. The van der Waals surface area contributed by atoms with Gasteiger partial charge in [0.15, 0.2) is 16.6 Å². The van der Waals surface area contributed by atoms with Gasteiger partial charge in [0.1, 0.15) is 19.0 Å². The minimum Gasteiger partial charge on any atom is -0.490 e. The summed E-state index contributed by atoms with van der Waals surface area (Å²) in [5.74, 6) is 2.27. The topological polar surface area (TPSA) is 64.1 Å². The number of nitrogens with one attached hydrogen (secondary N) is 2. The molecule has 0 heterocycles. The normalized spacial score (nSPS) is 11.0. The Morgan fingerprint density at radius 2 is 1.76 bits per heavy atom. The molecular formula is C29H34ClN3O3S. The molecule has 0 aliphatic rings. The largest absolute Gasteiger partial charge is 0.490 e. The third kappa shape index (κ3) is 8.95. The van der Waals surface area contributed by atoms with Crippen molar-refractivity contribution in [2.45, 2.75) is 40.2 Å². The Hall–Kier alpha value is -3.29. The lowest BCUT2D eigenvalue weighted by atomic mass is 10.0. The predicted octanol–water partition coefficient (Wildman–Crippen LogP) is 6.63. The average molecular weight is 540 g/mol. The standard InChI is InChI=1S/C29H34ClN3O3S/c1-5-34-27-17-23(19-32-33-29(37)31-18-22-9-7-6-8-10-22)16-25(30)28(27)36-14-13-35-26-15-21(4)11-12-24(26)20(2)3/h6-12,15-17,19-20H,5,13-14,18H2,1-4H3,(H2,31,33,37)/b32-19-. The molecule has 3 aromatic rings. The van der Waals surface area contributed by atoms with Crippen LogP contribution in [0.4, 0.5) is 0 Å². The fourth-order valence-electron chi connectivity index (χ4n) is 3.59. The summed E-state index contributed by atoms with van der Waals surface area (Å²) in [7, 11) is 0. The SMILES string of the molecule is CCOc1cc(/C=N\NC(=S)NCc2ccccc2)cc(Cl)c1OCCOc1cc(C)ccc1C(C)C. The summed E-state index contributed by atoms with van der Waals surface area (Å²) in [6.45, 7) is 10.0. The number of hydrogen-bond donors (Lipinski definition) is 2. The fourth-order valence-corrected chi connectivity index (χ4v) is 3.99. The molecule has 0 saturated carbocycles. The minimum absolute atomic E-state index is 0.321. The van der Waals surface area contributed by atoms with Gasteiger partial charge in [-0.25, -0.2) is 0 Å². The zero-order chi connectivity index (χ0) is 26.6. The summed E-state index contributed by atoms with van der Waals surface area (Å²) in [6, 6.07) is 19.9. The van der Waals surface area contributed by atoms with Crippen molar-refractivity contribution in [2.75, 3.05) is 19.8 Å². The molecule has 0 amide bonds. The first kappa shape index (κ1) is 28.3. The second kappa shape index (κ2) is 14.4. The van der Waals surface area contributed by atoms with E-state index in [0.717, 1.165) is 22.4 Å². The van der Waals surface area contributed by atoms with E-state index in [2.05, 4.69) is 54.8 Å². The first-order chi connectivity index (χ1) is 17.9. The van der Waals surface area contributed by atoms with Crippen molar-refractivity contribution in [1.29, 1.82) is 0 Å². The van der Waals surface area contributed by atoms with Crippen molar-refractivity contribution in [1.82, 2.24) is 10.7 Å². The zero-order valence-electron chi connectivity index (χ0n) is 21.7. The van der Waals surface area contributed by atoms with E-state index in [1.54, 1.807) is 12.3 Å². The summed E-state index contributed by atoms with van der Waals surface area (Å²) in [6.07, 6.45) is 1.63. The van der Waals surface area contributed by atoms with E-state index in [1.807, 2.05) is 43.3 Å². The first-order valence-corrected chi connectivity index (χ1v) is 13.1. The highest BCUT2D eigenvalue weighted by atomic mass is 35.5. The second-order valence-corrected chi connectivity index (χ2v) is 9.51. The highest BCUT2D eigenvalue weighted by Gasteiger charge is 2.13. The van der Waals surface area contributed by atoms with Crippen LogP contribution in [0.5, 0.6) is 17.2 Å². The molecule has 196 valence electrons. The third-order valence-electron chi connectivity index (χ3n) is 5.39. The van der Waals surface area contributed by atoms with Gasteiger partial charge in [0.05, 0.1) is 17.8 Å². The van der Waals surface area contributed by atoms with Gasteiger partial charge >= 0.3 is 0 Å². The number of halogens is 1. The number of nitrogens with zero attached hydrogens (tertiary/aromatic N) is 1. The Morgan fingerprint density at radius 1 is 1.00 bits per heavy atom. The number of ether oxygens (including phenoxy) is 3. The summed E-state index contributed by atoms with van der Waals surface area (Å²) in [4.78, 5) is 0. The van der Waals surface area contributed by atoms with Crippen LogP contribution in [0.3, 0.4) is 0 Å². The number of aryl methyl sites for hydroxylation is 1. The Balaban J connectivity index is 1.57. The Labute approximate surface area is 230 Å². The van der Waals surface area contributed by atoms with Crippen LogP contribution in [-0.2, 0) is 6.54 Å². The maximum absolute atomic E-state index is 6.55. The third-order valence-corrected chi connectivity index (χ3v) is 5.90. The van der Waals surface area contributed by atoms with Crippen molar-refractivity contribution >= 4 is 35.1 Å². The molecule has 0 fully saturated rings. The molecule has 0 unspecified atom stereocenters. The van der Waals surface area contributed by atoms with E-state index >= 15 is 0 Å². The van der Waals surface area contributed by atoms with Crippen LogP contribution >= 0.6 is 23.8 Å². The van der Waals surface area contributed by atoms with Crippen LogP contribution in [0.15, 0.2) is 65.8 Å². The van der Waals surface area contributed by atoms with Crippen molar-refractivity contribution < 1.29 is 14.2 Å². The van der Waals surface area contributed by atoms with Gasteiger partial charge in [0.25, 0.3) is 0 Å². The maximum atomic E-state index is 6.55. The van der Waals surface area contributed by atoms with Gasteiger partial charge in [-0.1, -0.05) is 67.9 Å². The molecule has 0 saturated heterocycles. The predicted molar refractivity (Wildman–Crippen MR) is 155 cm³/mol. The number of hydrogen-bond acceptors (Lipinski definition) is 5. The van der Waals surface area contributed by atoms with E-state index in [0.29, 0.717) is 53.9 Å². The van der Waals surface area contributed by atoms with Crippen LogP contribution < -0.4 is 25.0 Å². The smallest absolute Gasteiger partial charge is 0.187 e. The monoisotopic (exact) mass is 539 g/mol. The summed E-state index contributed by atoms with van der Waals surface area (Å²) in [5.41, 5.74) is 7.02. The van der Waals surface area contributed by atoms with Gasteiger partial charge in [-0.05, 0) is 72.4 Å². The molecule has 0 aliphatic heterocycles. The van der Waals surface area contributed by atoms with Gasteiger partial charge in [-0.15, -0.1) is 0 Å². The molecule has 0 aromatic heterocycles. The quantitative estimate of drug-likeness (QED) is 0.117. The molecule has 2 N–H and O–H groups in total. The summed E-state index contributed by atoms with van der Waals surface area (Å²) >= 11 is 11.8. The Morgan fingerprint density at radius 3 is 2.49 bits per heavy atom. The molecular weight excluding hydrogens is 506 g/mol. The summed E-state index contributed by atoms with van der Waals surface area (Å²) < 4.78 is 17.8. The number of rotatable bonds is 12. The van der Waals surface area contributed by atoms with E-state index in [4.69, 9.17) is 38.0 Å². The van der Waals surface area contributed by atoms with E-state index < -0.39 is 0 Å². The maximum Gasteiger partial charge on any atom is 0.187 e. The fraction of sp³-hybridized carbons (Fsp3) is 0.310. The molecule has 37 heavy (non-hydrogen) atoms.